The van der Waals surface area contributed by atoms with Gasteiger partial charge in [0.05, 0.1) is 0 Å². The molecule has 0 saturated heterocycles. The molecule has 79 heavy (non-hydrogen) atoms. The van der Waals surface area contributed by atoms with Gasteiger partial charge in [0.15, 0.2) is 57.4 Å². The molecule has 0 aliphatic rings. The number of hydrogen-bond acceptors (Lipinski definition) is 0. The van der Waals surface area contributed by atoms with E-state index in [1.807, 2.05) is 0 Å². The van der Waals surface area contributed by atoms with E-state index in [1.165, 1.54) is 261 Å². The Hall–Kier alpha value is -4.25. The predicted octanol–water partition coefficient (Wildman–Crippen LogP) is 18.5. The standard InChI is InChI=1S/C18H32N.C16H28N.C14H24N.2C13H22N/c1-5-7-9-11-13-19-17(4)14-16(3)15-18(19)12-10-8-6-2;1-3-5-7-10-14-17-15-11-9-13-16(17)12-8-6-4-2;1-5-6-7-8-9-15-13(3)10-12(2)11-14(15)4;1-5-6-7-8-13-10-11(2)9-12(3)14(13)4;1-5-7-13-10-11(3)9-12(4)14(13)8-6-2/h14-15H,5-13H2,1-4H3;9,11,13,15H,3-8,10,12,14H2,1-2H3;10-11H,5-9H2,1-4H3;2*9-10H,5-8H2,1-4H3/q5*+1. The van der Waals surface area contributed by atoms with Crippen molar-refractivity contribution in [3.05, 3.63) is 146 Å². The minimum Gasteiger partial charge on any atom is -0.203 e. The van der Waals surface area contributed by atoms with E-state index in [-0.39, 0.29) is 0 Å². The number of rotatable bonds is 31. The van der Waals surface area contributed by atoms with E-state index in [0.717, 1.165) is 6.54 Å². The Balaban J connectivity index is 0.000000496. The first-order valence-electron chi connectivity index (χ1n) is 33.0. The molecule has 444 valence electrons. The van der Waals surface area contributed by atoms with E-state index >= 15 is 0 Å². The predicted molar refractivity (Wildman–Crippen MR) is 343 cm³/mol. The van der Waals surface area contributed by atoms with E-state index in [9.17, 15) is 0 Å². The number of nitrogens with zero attached hydrogens (tertiary/aromatic N) is 5. The number of aryl methyl sites for hydroxylation is 14. The van der Waals surface area contributed by atoms with Gasteiger partial charge in [-0.25, -0.2) is 22.8 Å². The van der Waals surface area contributed by atoms with E-state index in [4.69, 9.17) is 0 Å². The fraction of sp³-hybridized carbons (Fsp3) is 0.662. The Morgan fingerprint density at radius 1 is 0.278 bits per heavy atom. The number of aromatic nitrogens is 5. The second kappa shape index (κ2) is 45.4. The highest BCUT2D eigenvalue weighted by Crippen LogP contribution is 2.12. The van der Waals surface area contributed by atoms with Crippen molar-refractivity contribution in [1.82, 2.24) is 0 Å². The van der Waals surface area contributed by atoms with Crippen molar-refractivity contribution in [2.75, 3.05) is 0 Å². The Morgan fingerprint density at radius 2 is 0.633 bits per heavy atom. The zero-order valence-corrected chi connectivity index (χ0v) is 55.6. The fourth-order valence-electron chi connectivity index (χ4n) is 11.1. The van der Waals surface area contributed by atoms with Crippen molar-refractivity contribution >= 4 is 0 Å². The van der Waals surface area contributed by atoms with Crippen LogP contribution in [0.3, 0.4) is 0 Å². The van der Waals surface area contributed by atoms with Crippen LogP contribution >= 0.6 is 0 Å². The van der Waals surface area contributed by atoms with Crippen molar-refractivity contribution in [2.24, 2.45) is 7.05 Å². The maximum atomic E-state index is 2.55. The van der Waals surface area contributed by atoms with Crippen molar-refractivity contribution in [1.29, 1.82) is 0 Å². The average molecular weight is 1090 g/mol. The third-order valence-corrected chi connectivity index (χ3v) is 15.5. The first-order valence-corrected chi connectivity index (χ1v) is 33.0. The Bertz CT molecular complexity index is 2320. The van der Waals surface area contributed by atoms with Crippen LogP contribution in [0.25, 0.3) is 0 Å². The van der Waals surface area contributed by atoms with Crippen LogP contribution in [0.4, 0.5) is 0 Å². The molecule has 5 heterocycles. The van der Waals surface area contributed by atoms with Gasteiger partial charge < -0.3 is 0 Å². The molecular formula is C74H128N5+5. The third kappa shape index (κ3) is 31.5. The number of pyridine rings is 5. The van der Waals surface area contributed by atoms with Crippen LogP contribution in [0.15, 0.2) is 72.9 Å². The molecule has 0 atom stereocenters. The average Bonchev–Trinajstić information content (AvgIpc) is 3.40. The highest BCUT2D eigenvalue weighted by atomic mass is 15.0. The van der Waals surface area contributed by atoms with Gasteiger partial charge in [0.25, 0.3) is 0 Å². The van der Waals surface area contributed by atoms with Gasteiger partial charge >= 0.3 is 0 Å². The van der Waals surface area contributed by atoms with Gasteiger partial charge in [-0.05, 0) is 94.9 Å². The lowest BCUT2D eigenvalue weighted by atomic mass is 10.1. The SMILES string of the molecule is CCCCCC[n+]1c(C)cc(C)cc1C.CCCCCC[n+]1c(C)cc(C)cc1CCCCC.CCCCCC[n+]1ccccc1CCCCC.CCCCCc1cc(C)cc(C)[n+]1C.CCCc1cc(C)cc(C)[n+]1CCC. The highest BCUT2D eigenvalue weighted by Gasteiger charge is 2.16. The van der Waals surface area contributed by atoms with Gasteiger partial charge in [0.1, 0.15) is 33.2 Å². The largest absolute Gasteiger partial charge is 0.203 e. The number of hydrogen-bond donors (Lipinski definition) is 0. The van der Waals surface area contributed by atoms with Gasteiger partial charge in [-0.1, -0.05) is 139 Å². The summed E-state index contributed by atoms with van der Waals surface area (Å²) in [4.78, 5) is 0. The molecule has 5 heteroatoms. The maximum absolute atomic E-state index is 2.55. The van der Waals surface area contributed by atoms with E-state index in [0.29, 0.717) is 0 Å². The summed E-state index contributed by atoms with van der Waals surface area (Å²) in [7, 11) is 2.16. The van der Waals surface area contributed by atoms with E-state index in [2.05, 4.69) is 221 Å². The Morgan fingerprint density at radius 3 is 1.09 bits per heavy atom. The zero-order valence-electron chi connectivity index (χ0n) is 55.6. The summed E-state index contributed by atoms with van der Waals surface area (Å²) in [5.41, 5.74) is 18.5. The summed E-state index contributed by atoms with van der Waals surface area (Å²) in [6.45, 7) is 42.6. The Labute approximate surface area is 491 Å². The molecule has 0 bridgehead atoms. The first kappa shape index (κ1) is 72.8. The Kier molecular flexibility index (Phi) is 41.8. The normalized spacial score (nSPS) is 10.7. The molecule has 0 spiro atoms. The first-order chi connectivity index (χ1) is 38.0. The maximum Gasteiger partial charge on any atom is 0.181 e. The van der Waals surface area contributed by atoms with Gasteiger partial charge in [0.2, 0.25) is 0 Å². The summed E-state index contributed by atoms with van der Waals surface area (Å²) in [5.74, 6) is 0. The molecule has 0 unspecified atom stereocenters. The topological polar surface area (TPSA) is 19.4 Å². The summed E-state index contributed by atoms with van der Waals surface area (Å²) in [5, 5.41) is 0. The molecule has 0 amide bonds. The highest BCUT2D eigenvalue weighted by molar-refractivity contribution is 5.17. The molecular weight excluding hydrogens is 959 g/mol. The number of unbranched alkanes of at least 4 members (excludes halogenated alkanes) is 15. The third-order valence-electron chi connectivity index (χ3n) is 15.5. The molecule has 0 fully saturated rings. The molecule has 5 nitrogen and oxygen atoms in total. The summed E-state index contributed by atoms with van der Waals surface area (Å²) >= 11 is 0. The van der Waals surface area contributed by atoms with Crippen LogP contribution < -0.4 is 22.8 Å². The van der Waals surface area contributed by atoms with Gasteiger partial charge in [-0.15, -0.1) is 0 Å². The van der Waals surface area contributed by atoms with Crippen LogP contribution in [0.1, 0.15) is 277 Å². The fourth-order valence-corrected chi connectivity index (χ4v) is 11.1. The summed E-state index contributed by atoms with van der Waals surface area (Å²) < 4.78 is 12.2. The molecule has 0 saturated carbocycles. The van der Waals surface area contributed by atoms with Crippen LogP contribution in [0, 0.1) is 62.3 Å². The van der Waals surface area contributed by atoms with Crippen molar-refractivity contribution in [2.45, 2.75) is 317 Å². The smallest absolute Gasteiger partial charge is 0.181 e. The lowest BCUT2D eigenvalue weighted by Gasteiger charge is -2.08. The minimum absolute atomic E-state index is 1.15. The van der Waals surface area contributed by atoms with Gasteiger partial charge in [-0.2, -0.15) is 0 Å². The molecule has 0 N–H and O–H groups in total. The summed E-state index contributed by atoms with van der Waals surface area (Å²) in [6, 6.07) is 25.0. The molecule has 0 aromatic carbocycles. The van der Waals surface area contributed by atoms with Gasteiger partial charge in [0, 0.05) is 147 Å². The zero-order chi connectivity index (χ0) is 58.8. The van der Waals surface area contributed by atoms with Crippen LogP contribution in [-0.4, -0.2) is 0 Å². The minimum atomic E-state index is 1.15. The van der Waals surface area contributed by atoms with Crippen molar-refractivity contribution in [3.63, 3.8) is 0 Å². The second-order valence-electron chi connectivity index (χ2n) is 23.5. The molecule has 0 aliphatic heterocycles. The monoisotopic (exact) mass is 1090 g/mol. The van der Waals surface area contributed by atoms with Crippen LogP contribution in [0.2, 0.25) is 0 Å². The molecule has 0 radical (unpaired) electrons. The molecule has 5 aromatic rings. The summed E-state index contributed by atoms with van der Waals surface area (Å²) in [6.07, 6.45) is 37.6. The van der Waals surface area contributed by atoms with Crippen LogP contribution in [-0.2, 0) is 58.9 Å². The quantitative estimate of drug-likeness (QED) is 0.0311. The van der Waals surface area contributed by atoms with Crippen molar-refractivity contribution < 1.29 is 22.8 Å². The second-order valence-corrected chi connectivity index (χ2v) is 23.5. The molecule has 5 aromatic heterocycles. The van der Waals surface area contributed by atoms with Crippen molar-refractivity contribution in [3.8, 4) is 0 Å². The lowest BCUT2D eigenvalue weighted by Crippen LogP contribution is -2.41. The van der Waals surface area contributed by atoms with E-state index in [1.54, 1.807) is 5.69 Å². The molecule has 5 rings (SSSR count). The van der Waals surface area contributed by atoms with Gasteiger partial charge in [-0.3, -0.25) is 0 Å². The molecule has 0 aliphatic carbocycles. The van der Waals surface area contributed by atoms with E-state index < -0.39 is 0 Å². The van der Waals surface area contributed by atoms with Crippen LogP contribution in [0.5, 0.6) is 0 Å². The lowest BCUT2D eigenvalue weighted by molar-refractivity contribution is -0.710.